The molecule has 0 saturated carbocycles. The fraction of sp³-hybridized carbons (Fsp3) is 0.120. The minimum absolute atomic E-state index is 0.220. The summed E-state index contributed by atoms with van der Waals surface area (Å²) in [6.45, 7) is 5.85. The number of sulfonamides is 1. The van der Waals surface area contributed by atoms with E-state index in [1.165, 1.54) is 5.56 Å². The fourth-order valence-corrected chi connectivity index (χ4v) is 4.21. The average molecular weight is 460 g/mol. The highest BCUT2D eigenvalue weighted by atomic mass is 32.2. The Bertz CT molecular complexity index is 1350. The standard InChI is InChI=1S/C25H25N5O2S/c1-17-4-8-20(9-5-17)27-24-16-19(3)26-25(29-24)28-21-10-12-22(13-11-21)30-33(31,32)23-14-6-18(2)7-15-23/h4-16,30H,1-3H3,(H2,26,27,28,29). The van der Waals surface area contributed by atoms with Crippen LogP contribution in [0.5, 0.6) is 0 Å². The summed E-state index contributed by atoms with van der Waals surface area (Å²) in [7, 11) is -3.65. The van der Waals surface area contributed by atoms with Crippen molar-refractivity contribution in [1.29, 1.82) is 0 Å². The fourth-order valence-electron chi connectivity index (χ4n) is 3.16. The average Bonchev–Trinajstić information content (AvgIpc) is 2.76. The third kappa shape index (κ3) is 5.87. The quantitative estimate of drug-likeness (QED) is 0.329. The maximum atomic E-state index is 12.6. The van der Waals surface area contributed by atoms with Crippen LogP contribution in [-0.2, 0) is 10.0 Å². The summed E-state index contributed by atoms with van der Waals surface area (Å²) in [4.78, 5) is 9.19. The molecule has 1 aromatic heterocycles. The summed E-state index contributed by atoms with van der Waals surface area (Å²) < 4.78 is 27.8. The van der Waals surface area contributed by atoms with Crippen LogP contribution in [0.4, 0.5) is 28.8 Å². The van der Waals surface area contributed by atoms with E-state index >= 15 is 0 Å². The van der Waals surface area contributed by atoms with Gasteiger partial charge in [-0.2, -0.15) is 4.98 Å². The van der Waals surface area contributed by atoms with Crippen LogP contribution < -0.4 is 15.4 Å². The number of hydrogen-bond acceptors (Lipinski definition) is 6. The van der Waals surface area contributed by atoms with Crippen molar-refractivity contribution in [1.82, 2.24) is 9.97 Å². The first-order valence-corrected chi connectivity index (χ1v) is 11.9. The van der Waals surface area contributed by atoms with Gasteiger partial charge in [0.2, 0.25) is 5.95 Å². The smallest absolute Gasteiger partial charge is 0.261 e. The molecule has 0 fully saturated rings. The number of anilines is 5. The van der Waals surface area contributed by atoms with Crippen molar-refractivity contribution in [2.24, 2.45) is 0 Å². The molecule has 0 bridgehead atoms. The maximum absolute atomic E-state index is 12.6. The second-order valence-electron chi connectivity index (χ2n) is 7.83. The predicted octanol–water partition coefficient (Wildman–Crippen LogP) is 5.69. The summed E-state index contributed by atoms with van der Waals surface area (Å²) in [6.07, 6.45) is 0. The lowest BCUT2D eigenvalue weighted by Gasteiger charge is -2.11. The molecule has 0 radical (unpaired) electrons. The second kappa shape index (κ2) is 9.30. The summed E-state index contributed by atoms with van der Waals surface area (Å²) in [5, 5.41) is 6.45. The molecule has 4 rings (SSSR count). The summed E-state index contributed by atoms with van der Waals surface area (Å²) in [5.74, 6) is 1.12. The SMILES string of the molecule is Cc1ccc(Nc2cc(C)nc(Nc3ccc(NS(=O)(=O)c4ccc(C)cc4)cc3)n2)cc1. The second-order valence-corrected chi connectivity index (χ2v) is 9.51. The Morgan fingerprint density at radius 2 is 1.15 bits per heavy atom. The van der Waals surface area contributed by atoms with E-state index in [2.05, 4.69) is 25.3 Å². The van der Waals surface area contributed by atoms with E-state index in [9.17, 15) is 8.42 Å². The van der Waals surface area contributed by atoms with Crippen molar-refractivity contribution in [2.75, 3.05) is 15.4 Å². The predicted molar refractivity (Wildman–Crippen MR) is 133 cm³/mol. The Balaban J connectivity index is 1.46. The Labute approximate surface area is 194 Å². The van der Waals surface area contributed by atoms with Gasteiger partial charge in [-0.15, -0.1) is 0 Å². The molecule has 8 heteroatoms. The molecule has 168 valence electrons. The molecular formula is C25H25N5O2S. The van der Waals surface area contributed by atoms with Crippen LogP contribution in [0.15, 0.2) is 83.8 Å². The molecule has 0 aliphatic rings. The number of nitrogens with zero attached hydrogens (tertiary/aromatic N) is 2. The number of hydrogen-bond donors (Lipinski definition) is 3. The van der Waals surface area contributed by atoms with Gasteiger partial charge in [-0.25, -0.2) is 13.4 Å². The lowest BCUT2D eigenvalue weighted by atomic mass is 10.2. The Morgan fingerprint density at radius 3 is 1.79 bits per heavy atom. The van der Waals surface area contributed by atoms with Crippen molar-refractivity contribution < 1.29 is 8.42 Å². The molecule has 0 aliphatic carbocycles. The van der Waals surface area contributed by atoms with E-state index in [0.717, 1.165) is 22.6 Å². The van der Waals surface area contributed by atoms with Gasteiger partial charge in [0, 0.05) is 28.8 Å². The zero-order chi connectivity index (χ0) is 23.4. The Kier molecular flexibility index (Phi) is 6.28. The minimum Gasteiger partial charge on any atom is -0.340 e. The summed E-state index contributed by atoms with van der Waals surface area (Å²) in [5.41, 5.74) is 5.14. The molecule has 4 aromatic rings. The molecule has 0 amide bonds. The third-order valence-electron chi connectivity index (χ3n) is 4.90. The third-order valence-corrected chi connectivity index (χ3v) is 6.30. The molecule has 3 N–H and O–H groups in total. The zero-order valence-electron chi connectivity index (χ0n) is 18.6. The molecule has 0 spiro atoms. The van der Waals surface area contributed by atoms with E-state index in [-0.39, 0.29) is 4.90 Å². The van der Waals surface area contributed by atoms with E-state index in [1.807, 2.05) is 51.1 Å². The maximum Gasteiger partial charge on any atom is 0.261 e. The first kappa shape index (κ1) is 22.3. The molecule has 0 saturated heterocycles. The van der Waals surface area contributed by atoms with Crippen LogP contribution in [0, 0.1) is 20.8 Å². The van der Waals surface area contributed by atoms with Crippen LogP contribution in [-0.4, -0.2) is 18.4 Å². The molecule has 3 aromatic carbocycles. The van der Waals surface area contributed by atoms with Crippen molar-refractivity contribution in [3.63, 3.8) is 0 Å². The lowest BCUT2D eigenvalue weighted by molar-refractivity contribution is 0.601. The van der Waals surface area contributed by atoms with Crippen molar-refractivity contribution in [2.45, 2.75) is 25.7 Å². The van der Waals surface area contributed by atoms with Gasteiger partial charge in [0.05, 0.1) is 4.90 Å². The molecule has 0 atom stereocenters. The van der Waals surface area contributed by atoms with Crippen LogP contribution in [0.2, 0.25) is 0 Å². The van der Waals surface area contributed by atoms with Crippen LogP contribution in [0.1, 0.15) is 16.8 Å². The lowest BCUT2D eigenvalue weighted by Crippen LogP contribution is -2.12. The van der Waals surface area contributed by atoms with Gasteiger partial charge < -0.3 is 10.6 Å². The van der Waals surface area contributed by atoms with E-state index in [4.69, 9.17) is 0 Å². The van der Waals surface area contributed by atoms with Gasteiger partial charge in [0.15, 0.2) is 0 Å². The first-order valence-electron chi connectivity index (χ1n) is 10.4. The monoisotopic (exact) mass is 459 g/mol. The molecule has 33 heavy (non-hydrogen) atoms. The molecular weight excluding hydrogens is 434 g/mol. The molecule has 7 nitrogen and oxygen atoms in total. The highest BCUT2D eigenvalue weighted by molar-refractivity contribution is 7.92. The number of benzene rings is 3. The van der Waals surface area contributed by atoms with E-state index < -0.39 is 10.0 Å². The highest BCUT2D eigenvalue weighted by Crippen LogP contribution is 2.22. The van der Waals surface area contributed by atoms with Crippen molar-refractivity contribution in [3.8, 4) is 0 Å². The van der Waals surface area contributed by atoms with E-state index in [1.54, 1.807) is 48.5 Å². The molecule has 1 heterocycles. The number of nitrogens with one attached hydrogen (secondary N) is 3. The Morgan fingerprint density at radius 1 is 0.636 bits per heavy atom. The summed E-state index contributed by atoms with van der Waals surface area (Å²) >= 11 is 0. The van der Waals surface area contributed by atoms with Gasteiger partial charge in [0.1, 0.15) is 5.82 Å². The van der Waals surface area contributed by atoms with Gasteiger partial charge in [-0.05, 0) is 69.3 Å². The topological polar surface area (TPSA) is 96.0 Å². The number of rotatable bonds is 7. The van der Waals surface area contributed by atoms with Crippen LogP contribution in [0.25, 0.3) is 0 Å². The Hall–Kier alpha value is -3.91. The van der Waals surface area contributed by atoms with Gasteiger partial charge in [0.25, 0.3) is 10.0 Å². The molecule has 0 aliphatic heterocycles. The number of aromatic nitrogens is 2. The number of aryl methyl sites for hydroxylation is 3. The van der Waals surface area contributed by atoms with Crippen molar-refractivity contribution in [3.05, 3.63) is 95.7 Å². The largest absolute Gasteiger partial charge is 0.340 e. The van der Waals surface area contributed by atoms with Crippen molar-refractivity contribution >= 4 is 38.9 Å². The minimum atomic E-state index is -3.65. The van der Waals surface area contributed by atoms with Crippen LogP contribution >= 0.6 is 0 Å². The summed E-state index contributed by atoms with van der Waals surface area (Å²) in [6, 6.07) is 23.6. The highest BCUT2D eigenvalue weighted by Gasteiger charge is 2.13. The first-order chi connectivity index (χ1) is 15.8. The molecule has 0 unspecified atom stereocenters. The van der Waals surface area contributed by atoms with Gasteiger partial charge >= 0.3 is 0 Å². The van der Waals surface area contributed by atoms with E-state index in [0.29, 0.717) is 17.5 Å². The van der Waals surface area contributed by atoms with Gasteiger partial charge in [-0.3, -0.25) is 4.72 Å². The van der Waals surface area contributed by atoms with Gasteiger partial charge in [-0.1, -0.05) is 35.4 Å². The zero-order valence-corrected chi connectivity index (χ0v) is 19.4. The normalized spacial score (nSPS) is 11.1. The van der Waals surface area contributed by atoms with Crippen LogP contribution in [0.3, 0.4) is 0 Å².